The average Bonchev–Trinajstić information content (AvgIpc) is 2.71. The van der Waals surface area contributed by atoms with Crippen molar-refractivity contribution in [1.29, 1.82) is 0 Å². The molecule has 1 aromatic carbocycles. The van der Waals surface area contributed by atoms with Crippen molar-refractivity contribution in [3.05, 3.63) is 77.9 Å². The van der Waals surface area contributed by atoms with E-state index >= 15 is 0 Å². The topological polar surface area (TPSA) is 125 Å². The molecular formula is C21H26FN3O5. The average molecular weight is 419 g/mol. The number of piperazine rings is 1. The third-order valence-electron chi connectivity index (χ3n) is 4.28. The van der Waals surface area contributed by atoms with E-state index in [9.17, 15) is 14.0 Å². The molecule has 9 heteroatoms. The van der Waals surface area contributed by atoms with Crippen LogP contribution in [0.25, 0.3) is 0 Å². The number of nitrogens with zero attached hydrogens (tertiary/aromatic N) is 3. The zero-order chi connectivity index (χ0) is 21.1. The standard InChI is InChI=1S/C17H20FN3.C4H4O4.H2O/c18-17-5-3-15(4-6-17)13-20-8-10-21(11-9-20)14-16-2-1-7-19-12-16;5-3(6)1-2-4(7)8;/h1-7,12H,8-11,13-14H2;1-2H,(H,5,6)(H,7,8);1H2/b;2-1-;. The highest BCUT2D eigenvalue weighted by Crippen LogP contribution is 2.11. The van der Waals surface area contributed by atoms with Gasteiger partial charge >= 0.3 is 11.9 Å². The van der Waals surface area contributed by atoms with Crippen LogP contribution < -0.4 is 0 Å². The molecule has 0 radical (unpaired) electrons. The van der Waals surface area contributed by atoms with Gasteiger partial charge in [0, 0.05) is 63.8 Å². The first-order valence-electron chi connectivity index (χ1n) is 9.14. The van der Waals surface area contributed by atoms with Crippen molar-refractivity contribution in [2.24, 2.45) is 0 Å². The summed E-state index contributed by atoms with van der Waals surface area (Å²) in [7, 11) is 0. The SMILES string of the molecule is Fc1ccc(CN2CCN(Cc3cccnc3)CC2)cc1.O.O=C(O)/C=C\C(=O)O. The summed E-state index contributed by atoms with van der Waals surface area (Å²) in [4.78, 5) is 28.1. The van der Waals surface area contributed by atoms with Crippen LogP contribution in [-0.2, 0) is 22.7 Å². The third kappa shape index (κ3) is 9.87. The van der Waals surface area contributed by atoms with Crippen LogP contribution in [0.5, 0.6) is 0 Å². The molecule has 1 aliphatic heterocycles. The van der Waals surface area contributed by atoms with Crippen LogP contribution in [0.1, 0.15) is 11.1 Å². The van der Waals surface area contributed by atoms with Crippen LogP contribution in [0.4, 0.5) is 4.39 Å². The highest BCUT2D eigenvalue weighted by Gasteiger charge is 2.17. The molecule has 8 nitrogen and oxygen atoms in total. The predicted molar refractivity (Wildman–Crippen MR) is 109 cm³/mol. The largest absolute Gasteiger partial charge is 0.478 e. The van der Waals surface area contributed by atoms with Gasteiger partial charge in [0.25, 0.3) is 0 Å². The number of pyridine rings is 1. The van der Waals surface area contributed by atoms with Crippen LogP contribution in [0.15, 0.2) is 60.9 Å². The second kappa shape index (κ2) is 13.2. The van der Waals surface area contributed by atoms with Gasteiger partial charge in [0.1, 0.15) is 5.82 Å². The molecule has 4 N–H and O–H groups in total. The van der Waals surface area contributed by atoms with Crippen molar-refractivity contribution in [2.75, 3.05) is 26.2 Å². The summed E-state index contributed by atoms with van der Waals surface area (Å²) in [5.74, 6) is -2.68. The molecule has 0 spiro atoms. The van der Waals surface area contributed by atoms with Gasteiger partial charge in [-0.2, -0.15) is 0 Å². The molecule has 162 valence electrons. The number of hydrogen-bond donors (Lipinski definition) is 2. The molecule has 3 rings (SSSR count). The Labute approximate surface area is 174 Å². The Morgan fingerprint density at radius 2 is 1.40 bits per heavy atom. The smallest absolute Gasteiger partial charge is 0.328 e. The maximum absolute atomic E-state index is 12.9. The lowest BCUT2D eigenvalue weighted by molar-refractivity contribution is -0.134. The molecule has 0 unspecified atom stereocenters. The highest BCUT2D eigenvalue weighted by atomic mass is 19.1. The molecule has 1 aliphatic rings. The van der Waals surface area contributed by atoms with Gasteiger partial charge in [0.2, 0.25) is 0 Å². The van der Waals surface area contributed by atoms with Crippen LogP contribution in [-0.4, -0.2) is 68.6 Å². The van der Waals surface area contributed by atoms with Gasteiger partial charge in [-0.3, -0.25) is 14.8 Å². The van der Waals surface area contributed by atoms with Crippen LogP contribution in [0.3, 0.4) is 0 Å². The van der Waals surface area contributed by atoms with Gasteiger partial charge in [0.15, 0.2) is 0 Å². The number of carboxylic acids is 2. The third-order valence-corrected chi connectivity index (χ3v) is 4.28. The van der Waals surface area contributed by atoms with Crippen LogP contribution in [0, 0.1) is 5.82 Å². The monoisotopic (exact) mass is 419 g/mol. The maximum atomic E-state index is 12.9. The minimum Gasteiger partial charge on any atom is -0.478 e. The first-order valence-corrected chi connectivity index (χ1v) is 9.14. The number of rotatable bonds is 6. The quantitative estimate of drug-likeness (QED) is 0.678. The lowest BCUT2D eigenvalue weighted by Crippen LogP contribution is -2.45. The van der Waals surface area contributed by atoms with Crippen molar-refractivity contribution in [3.63, 3.8) is 0 Å². The molecule has 1 saturated heterocycles. The molecule has 0 bridgehead atoms. The van der Waals surface area contributed by atoms with Crippen LogP contribution in [0.2, 0.25) is 0 Å². The van der Waals surface area contributed by atoms with Gasteiger partial charge in [-0.15, -0.1) is 0 Å². The molecule has 2 heterocycles. The molecule has 30 heavy (non-hydrogen) atoms. The summed E-state index contributed by atoms with van der Waals surface area (Å²) in [5, 5.41) is 15.6. The van der Waals surface area contributed by atoms with Crippen molar-refractivity contribution < 1.29 is 29.7 Å². The number of carbonyl (C=O) groups is 2. The van der Waals surface area contributed by atoms with Crippen molar-refractivity contribution in [3.8, 4) is 0 Å². The Kier molecular flexibility index (Phi) is 10.9. The van der Waals surface area contributed by atoms with Gasteiger partial charge in [-0.05, 0) is 29.3 Å². The summed E-state index contributed by atoms with van der Waals surface area (Å²) < 4.78 is 12.9. The number of carboxylic acid groups (broad SMARTS) is 2. The fraction of sp³-hybridized carbons (Fsp3) is 0.286. The first-order chi connectivity index (χ1) is 13.9. The summed E-state index contributed by atoms with van der Waals surface area (Å²) in [6.45, 7) is 6.11. The van der Waals surface area contributed by atoms with Crippen molar-refractivity contribution >= 4 is 11.9 Å². The van der Waals surface area contributed by atoms with Gasteiger partial charge in [-0.25, -0.2) is 14.0 Å². The lowest BCUT2D eigenvalue weighted by Gasteiger charge is -2.34. The number of hydrogen-bond acceptors (Lipinski definition) is 5. The van der Waals surface area contributed by atoms with Gasteiger partial charge in [-0.1, -0.05) is 18.2 Å². The normalized spacial score (nSPS) is 14.4. The Balaban J connectivity index is 0.000000431. The number of aliphatic carboxylic acids is 2. The van der Waals surface area contributed by atoms with E-state index in [1.165, 1.54) is 23.3 Å². The Morgan fingerprint density at radius 1 is 0.900 bits per heavy atom. The fourth-order valence-electron chi connectivity index (χ4n) is 2.85. The number of aromatic nitrogens is 1. The van der Waals surface area contributed by atoms with Gasteiger partial charge in [0.05, 0.1) is 0 Å². The number of benzene rings is 1. The predicted octanol–water partition coefficient (Wildman–Crippen LogP) is 1.43. The summed E-state index contributed by atoms with van der Waals surface area (Å²) in [5.41, 5.74) is 2.45. The van der Waals surface area contributed by atoms with E-state index in [1.807, 2.05) is 30.6 Å². The Hall–Kier alpha value is -3.14. The number of halogens is 1. The first kappa shape index (κ1) is 24.9. The minimum absolute atomic E-state index is 0. The van der Waals surface area contributed by atoms with E-state index in [-0.39, 0.29) is 11.3 Å². The molecule has 0 amide bonds. The molecule has 1 fully saturated rings. The molecular weight excluding hydrogens is 393 g/mol. The van der Waals surface area contributed by atoms with E-state index in [0.29, 0.717) is 12.2 Å². The van der Waals surface area contributed by atoms with E-state index in [4.69, 9.17) is 10.2 Å². The summed E-state index contributed by atoms with van der Waals surface area (Å²) in [6.07, 6.45) is 4.86. The zero-order valence-corrected chi connectivity index (χ0v) is 16.4. The van der Waals surface area contributed by atoms with E-state index in [1.54, 1.807) is 0 Å². The van der Waals surface area contributed by atoms with Gasteiger partial charge < -0.3 is 15.7 Å². The molecule has 0 aliphatic carbocycles. The van der Waals surface area contributed by atoms with Crippen molar-refractivity contribution in [2.45, 2.75) is 13.1 Å². The molecule has 2 aromatic rings. The Morgan fingerprint density at radius 3 is 1.83 bits per heavy atom. The highest BCUT2D eigenvalue weighted by molar-refractivity contribution is 5.89. The molecule has 0 saturated carbocycles. The summed E-state index contributed by atoms with van der Waals surface area (Å²) >= 11 is 0. The lowest BCUT2D eigenvalue weighted by atomic mass is 10.2. The molecule has 0 atom stereocenters. The van der Waals surface area contributed by atoms with Crippen molar-refractivity contribution in [1.82, 2.24) is 14.8 Å². The van der Waals surface area contributed by atoms with E-state index < -0.39 is 11.9 Å². The second-order valence-corrected chi connectivity index (χ2v) is 6.55. The van der Waals surface area contributed by atoms with E-state index in [0.717, 1.165) is 39.3 Å². The zero-order valence-electron chi connectivity index (χ0n) is 16.4. The van der Waals surface area contributed by atoms with Crippen LogP contribution >= 0.6 is 0 Å². The minimum atomic E-state index is -1.26. The fourth-order valence-corrected chi connectivity index (χ4v) is 2.85. The summed E-state index contributed by atoms with van der Waals surface area (Å²) in [6, 6.07) is 10.9. The second-order valence-electron chi connectivity index (χ2n) is 6.55. The Bertz CT molecular complexity index is 791. The maximum Gasteiger partial charge on any atom is 0.328 e. The van der Waals surface area contributed by atoms with E-state index in [2.05, 4.69) is 20.9 Å². The molecule has 1 aromatic heterocycles.